The fourth-order valence-electron chi connectivity index (χ4n) is 7.73. The molecule has 0 aromatic heterocycles. The Hall–Kier alpha value is -2.43. The second kappa shape index (κ2) is 24.9. The molecule has 4 saturated heterocycles. The average molecular weight is 912 g/mol. The number of aliphatic hydroxyl groups excluding tert-OH is 1. The van der Waals surface area contributed by atoms with Crippen molar-refractivity contribution in [1.82, 2.24) is 0 Å². The number of hydrogen-bond acceptors (Lipinski definition) is 11. The van der Waals surface area contributed by atoms with E-state index in [1.807, 2.05) is 55.4 Å². The average Bonchev–Trinajstić information content (AvgIpc) is 3.74. The zero-order chi connectivity index (χ0) is 47.3. The van der Waals surface area contributed by atoms with E-state index in [1.165, 1.54) is 7.11 Å². The van der Waals surface area contributed by atoms with E-state index in [9.17, 15) is 19.5 Å². The fourth-order valence-corrected chi connectivity index (χ4v) is 8.77. The number of fused-ring (bicyclic) bond motifs is 2. The Morgan fingerprint density at radius 3 is 1.68 bits per heavy atom. The zero-order valence-electron chi connectivity index (χ0n) is 41.1. The van der Waals surface area contributed by atoms with E-state index in [0.29, 0.717) is 38.9 Å². The SMILES string of the molecule is C.CC(=O)C(C)(C)C.[2HH].[C-]#[N+][C@H](C)C[C@H]1CC[C@@H]2O[C@@H](CCC(=O)OC)C[C@]2(CO)O1.[C-]#[N+][C@H](C)C[C@H]1CC[C@@H]2O[C@@H](CCCOC(=O)C(C)(C)C)C[C@]2(CO[Si](C)(C)C(C)(C)C)O1. The number of carbonyl (C=O) groups is 3. The van der Waals surface area contributed by atoms with E-state index in [-0.39, 0.29) is 92.3 Å². The summed E-state index contributed by atoms with van der Waals surface area (Å²) in [6, 6.07) is -0.115. The highest BCUT2D eigenvalue weighted by atomic mass is 28.4. The molecule has 0 radical (unpaired) electrons. The van der Waals surface area contributed by atoms with Gasteiger partial charge >= 0.3 is 11.9 Å². The Labute approximate surface area is 385 Å². The number of ketones is 1. The molecule has 13 nitrogen and oxygen atoms in total. The van der Waals surface area contributed by atoms with Crippen molar-refractivity contribution in [3.63, 3.8) is 0 Å². The third-order valence-corrected chi connectivity index (χ3v) is 17.7. The lowest BCUT2D eigenvalue weighted by molar-refractivity contribution is -0.184. The van der Waals surface area contributed by atoms with Gasteiger partial charge in [-0.25, -0.2) is 13.1 Å². The van der Waals surface area contributed by atoms with Crippen molar-refractivity contribution >= 4 is 26.0 Å². The van der Waals surface area contributed by atoms with Gasteiger partial charge in [0.15, 0.2) is 8.32 Å². The van der Waals surface area contributed by atoms with Crippen LogP contribution in [0.3, 0.4) is 0 Å². The minimum atomic E-state index is -1.94. The molecule has 10 atom stereocenters. The van der Waals surface area contributed by atoms with Crippen LogP contribution in [-0.4, -0.2) is 118 Å². The van der Waals surface area contributed by atoms with Crippen LogP contribution in [0.4, 0.5) is 0 Å². The molecule has 0 saturated carbocycles. The maximum absolute atomic E-state index is 12.0. The van der Waals surface area contributed by atoms with Gasteiger partial charge in [-0.2, -0.15) is 0 Å². The summed E-state index contributed by atoms with van der Waals surface area (Å²) in [6.45, 7) is 43.4. The van der Waals surface area contributed by atoms with Gasteiger partial charge in [-0.1, -0.05) is 49.0 Å². The molecule has 4 heterocycles. The lowest BCUT2D eigenvalue weighted by Gasteiger charge is -2.45. The summed E-state index contributed by atoms with van der Waals surface area (Å²) in [5.74, 6) is -0.170. The molecule has 366 valence electrons. The van der Waals surface area contributed by atoms with Gasteiger partial charge in [0.1, 0.15) is 17.0 Å². The van der Waals surface area contributed by atoms with Crippen molar-refractivity contribution in [1.29, 1.82) is 0 Å². The maximum atomic E-state index is 12.0. The Bertz CT molecular complexity index is 1530. The summed E-state index contributed by atoms with van der Waals surface area (Å²) in [5.41, 5.74) is -1.74. The molecule has 0 unspecified atom stereocenters. The zero-order valence-corrected chi connectivity index (χ0v) is 42.1. The molecule has 4 fully saturated rings. The van der Waals surface area contributed by atoms with Gasteiger partial charge in [-0.3, -0.25) is 14.4 Å². The van der Waals surface area contributed by atoms with Gasteiger partial charge in [0.2, 0.25) is 12.1 Å². The molecule has 0 aliphatic carbocycles. The van der Waals surface area contributed by atoms with Gasteiger partial charge in [-0.15, -0.1) is 0 Å². The van der Waals surface area contributed by atoms with Crippen LogP contribution >= 0.6 is 0 Å². The third kappa shape index (κ3) is 18.1. The van der Waals surface area contributed by atoms with Crippen LogP contribution in [-0.2, 0) is 47.2 Å². The molecule has 63 heavy (non-hydrogen) atoms. The van der Waals surface area contributed by atoms with Crippen LogP contribution in [0.2, 0.25) is 18.1 Å². The molecular weight excluding hydrogens is 821 g/mol. The summed E-state index contributed by atoms with van der Waals surface area (Å²) in [5, 5.41) is 9.97. The number of ether oxygens (including phenoxy) is 6. The number of carbonyl (C=O) groups excluding carboxylic acids is 3. The van der Waals surface area contributed by atoms with Crippen molar-refractivity contribution in [2.75, 3.05) is 26.9 Å². The first-order valence-corrected chi connectivity index (χ1v) is 25.9. The van der Waals surface area contributed by atoms with E-state index in [0.717, 1.165) is 51.4 Å². The van der Waals surface area contributed by atoms with Crippen LogP contribution in [0, 0.1) is 24.0 Å². The Morgan fingerprint density at radius 2 is 1.25 bits per heavy atom. The molecule has 0 bridgehead atoms. The number of methoxy groups -OCH3 is 1. The monoisotopic (exact) mass is 912 g/mol. The number of Topliss-reactive ketones (excluding diaryl/α,β-unsaturated/α-hetero) is 1. The molecule has 4 aliphatic heterocycles. The van der Waals surface area contributed by atoms with Crippen LogP contribution in [0.25, 0.3) is 9.69 Å². The van der Waals surface area contributed by atoms with E-state index >= 15 is 0 Å². The first-order valence-electron chi connectivity index (χ1n) is 23.0. The van der Waals surface area contributed by atoms with Gasteiger partial charge in [-0.05, 0) is 90.8 Å². The highest BCUT2D eigenvalue weighted by Gasteiger charge is 2.55. The molecule has 0 aromatic rings. The van der Waals surface area contributed by atoms with E-state index in [1.54, 1.807) is 6.92 Å². The number of rotatable bonds is 15. The number of esters is 2. The van der Waals surface area contributed by atoms with Crippen molar-refractivity contribution < 1.29 is 53.8 Å². The van der Waals surface area contributed by atoms with E-state index in [4.69, 9.17) is 41.3 Å². The third-order valence-electron chi connectivity index (χ3n) is 13.2. The molecule has 4 aliphatic rings. The fraction of sp³-hybridized carbons (Fsp3) is 0.898. The lowest BCUT2D eigenvalue weighted by Crippen LogP contribution is -2.55. The highest BCUT2D eigenvalue weighted by Crippen LogP contribution is 2.46. The van der Waals surface area contributed by atoms with Gasteiger partial charge < -0.3 is 47.6 Å². The van der Waals surface area contributed by atoms with Crippen molar-refractivity contribution in [3.05, 3.63) is 22.8 Å². The predicted octanol–water partition coefficient (Wildman–Crippen LogP) is 10.4. The Kier molecular flexibility index (Phi) is 23.2. The van der Waals surface area contributed by atoms with Gasteiger partial charge in [0, 0.05) is 52.8 Å². The smallest absolute Gasteiger partial charge is 0.311 e. The normalized spacial score (nSPS) is 29.0. The van der Waals surface area contributed by atoms with Crippen LogP contribution in [0.1, 0.15) is 169 Å². The molecule has 0 spiro atoms. The molecule has 4 rings (SSSR count). The topological polar surface area (TPSA) is 145 Å². The second-order valence-electron chi connectivity index (χ2n) is 21.7. The number of nitrogens with zero attached hydrogens (tertiary/aromatic N) is 2. The van der Waals surface area contributed by atoms with Crippen LogP contribution in [0.5, 0.6) is 0 Å². The molecule has 0 amide bonds. The van der Waals surface area contributed by atoms with Crippen molar-refractivity contribution in [2.24, 2.45) is 10.8 Å². The highest BCUT2D eigenvalue weighted by molar-refractivity contribution is 6.74. The van der Waals surface area contributed by atoms with E-state index < -0.39 is 24.9 Å². The lowest BCUT2D eigenvalue weighted by atomic mass is 9.85. The maximum Gasteiger partial charge on any atom is 0.311 e. The van der Waals surface area contributed by atoms with Crippen molar-refractivity contribution in [2.45, 2.75) is 246 Å². The van der Waals surface area contributed by atoms with Crippen LogP contribution < -0.4 is 0 Å². The second-order valence-corrected chi connectivity index (χ2v) is 26.6. The van der Waals surface area contributed by atoms with Gasteiger partial charge in [0.05, 0.1) is 69.0 Å². The molecular formula is C49H90N2O11Si. The first kappa shape index (κ1) is 58.6. The first-order chi connectivity index (χ1) is 28.6. The number of hydrogen-bond donors (Lipinski definition) is 1. The van der Waals surface area contributed by atoms with E-state index in [2.05, 4.69) is 48.3 Å². The Balaban J connectivity index is 0.00000110. The van der Waals surface area contributed by atoms with Crippen LogP contribution in [0.15, 0.2) is 0 Å². The molecule has 1 N–H and O–H groups in total. The quantitative estimate of drug-likeness (QED) is 0.0725. The summed E-state index contributed by atoms with van der Waals surface area (Å²) in [4.78, 5) is 40.9. The van der Waals surface area contributed by atoms with Gasteiger partial charge in [0.25, 0.3) is 0 Å². The molecule has 14 heteroatoms. The Morgan fingerprint density at radius 1 is 0.794 bits per heavy atom. The number of aliphatic hydroxyl groups is 1. The summed E-state index contributed by atoms with van der Waals surface area (Å²) in [6.07, 6.45) is 8.80. The minimum Gasteiger partial charge on any atom is -0.469 e. The minimum absolute atomic E-state index is 0. The standard InChI is InChI=1S/C26H47NO5Si.C16H25NO5.C6H12O.CH4.H2/c1-19(27-8)16-20-13-14-22-26(32-20,18-30-33(9,10)25(5,6)7)17-21(31-22)12-11-15-29-23(28)24(2,3)4;1-11(17-2)8-12-4-6-14-16(10-18,22-12)9-13(21-14)5-7-15(19)20-3;1-5(7)6(2,3)4;;/h19-22H,11-18H2,1-7,9-10H3;11-14,18H,4-10H2,1,3H3;1-4H3;1H4;1H/t19-,20-,21+,22+,26-;11-,12-,13+,14+,16-;;;/m11.../s1/i;;;;1+1. The summed E-state index contributed by atoms with van der Waals surface area (Å²) in [7, 11) is -0.566. The molecule has 0 aromatic carbocycles. The van der Waals surface area contributed by atoms with Crippen molar-refractivity contribution in [3.8, 4) is 0 Å². The largest absolute Gasteiger partial charge is 0.469 e. The predicted molar refractivity (Wildman–Crippen MR) is 252 cm³/mol. The summed E-state index contributed by atoms with van der Waals surface area (Å²) < 4.78 is 42.1. The summed E-state index contributed by atoms with van der Waals surface area (Å²) >= 11 is 0.